The van der Waals surface area contributed by atoms with Gasteiger partial charge in [0.05, 0.1) is 11.4 Å². The number of anilines is 1. The molecule has 0 fully saturated rings. The summed E-state index contributed by atoms with van der Waals surface area (Å²) in [7, 11) is 0. The van der Waals surface area contributed by atoms with Gasteiger partial charge < -0.3 is 4.52 Å². The number of thioether (sulfide) groups is 1. The van der Waals surface area contributed by atoms with Crippen LogP contribution in [0.25, 0.3) is 5.69 Å². The van der Waals surface area contributed by atoms with E-state index in [1.54, 1.807) is 13.1 Å². The van der Waals surface area contributed by atoms with Crippen molar-refractivity contribution in [3.8, 4) is 5.69 Å². The van der Waals surface area contributed by atoms with E-state index in [4.69, 9.17) is 4.52 Å². The Morgan fingerprint density at radius 2 is 2.17 bits per heavy atom. The quantitative estimate of drug-likeness (QED) is 0.717. The lowest BCUT2D eigenvalue weighted by atomic mass is 10.1. The Morgan fingerprint density at radius 1 is 1.33 bits per heavy atom. The van der Waals surface area contributed by atoms with Gasteiger partial charge in [-0.1, -0.05) is 29.1 Å². The molecule has 24 heavy (non-hydrogen) atoms. The number of nitrogens with zero attached hydrogens (tertiary/aromatic N) is 4. The maximum atomic E-state index is 12.0. The summed E-state index contributed by atoms with van der Waals surface area (Å²) < 4.78 is 6.85. The van der Waals surface area contributed by atoms with Crippen LogP contribution in [0, 0.1) is 20.8 Å². The molecular formula is C16H17N5O2S. The highest BCUT2D eigenvalue weighted by atomic mass is 32.2. The van der Waals surface area contributed by atoms with Crippen LogP contribution in [0.2, 0.25) is 0 Å². The average molecular weight is 343 g/mol. The molecular weight excluding hydrogens is 326 g/mol. The van der Waals surface area contributed by atoms with Crippen molar-refractivity contribution in [2.45, 2.75) is 25.9 Å². The Bertz CT molecular complexity index is 871. The van der Waals surface area contributed by atoms with Crippen molar-refractivity contribution < 1.29 is 9.32 Å². The van der Waals surface area contributed by atoms with E-state index >= 15 is 0 Å². The number of rotatable bonds is 5. The third kappa shape index (κ3) is 3.65. The van der Waals surface area contributed by atoms with Gasteiger partial charge in [-0.25, -0.2) is 4.98 Å². The van der Waals surface area contributed by atoms with Crippen molar-refractivity contribution in [2.75, 3.05) is 11.1 Å². The van der Waals surface area contributed by atoms with Crippen molar-refractivity contribution in [3.63, 3.8) is 0 Å². The molecule has 3 aromatic rings. The van der Waals surface area contributed by atoms with Crippen LogP contribution >= 0.6 is 11.8 Å². The maximum absolute atomic E-state index is 12.0. The molecule has 0 saturated carbocycles. The molecule has 0 saturated heterocycles. The highest BCUT2D eigenvalue weighted by Gasteiger charge is 2.12. The summed E-state index contributed by atoms with van der Waals surface area (Å²) in [5.74, 6) is 0.450. The van der Waals surface area contributed by atoms with Crippen molar-refractivity contribution in [1.29, 1.82) is 0 Å². The number of nitrogens with one attached hydrogen (secondary N) is 1. The van der Waals surface area contributed by atoms with Gasteiger partial charge in [-0.2, -0.15) is 4.98 Å². The van der Waals surface area contributed by atoms with Gasteiger partial charge in [-0.15, -0.1) is 0 Å². The number of carbonyl (C=O) groups is 1. The molecule has 1 amide bonds. The fourth-order valence-corrected chi connectivity index (χ4v) is 2.96. The standard InChI is InChI=1S/C16H17N5O2S/c1-10-4-5-11(2)13(8-10)21-7-6-17-16(21)24-9-14(22)19-15-18-12(3)20-23-15/h4-8H,9H2,1-3H3,(H,18,19,20,22). The second-order valence-electron chi connectivity index (χ2n) is 5.35. The fraction of sp³-hybridized carbons (Fsp3) is 0.250. The summed E-state index contributed by atoms with van der Waals surface area (Å²) in [5.41, 5.74) is 3.37. The van der Waals surface area contributed by atoms with Gasteiger partial charge in [0, 0.05) is 12.4 Å². The van der Waals surface area contributed by atoms with Gasteiger partial charge in [0.2, 0.25) is 5.91 Å². The molecule has 1 N–H and O–H groups in total. The molecule has 0 spiro atoms. The van der Waals surface area contributed by atoms with E-state index in [2.05, 4.69) is 38.6 Å². The first-order valence-electron chi connectivity index (χ1n) is 7.37. The van der Waals surface area contributed by atoms with Crippen LogP contribution in [0.1, 0.15) is 17.0 Å². The zero-order valence-electron chi connectivity index (χ0n) is 13.6. The molecule has 0 radical (unpaired) electrons. The largest absolute Gasteiger partial charge is 0.328 e. The Kier molecular flexibility index (Phi) is 4.66. The topological polar surface area (TPSA) is 85.8 Å². The molecule has 124 valence electrons. The number of aromatic nitrogens is 4. The third-order valence-electron chi connectivity index (χ3n) is 3.34. The number of amides is 1. The number of hydrogen-bond acceptors (Lipinski definition) is 6. The van der Waals surface area contributed by atoms with E-state index in [0.717, 1.165) is 16.4 Å². The lowest BCUT2D eigenvalue weighted by Crippen LogP contribution is -2.14. The highest BCUT2D eigenvalue weighted by molar-refractivity contribution is 7.99. The van der Waals surface area contributed by atoms with E-state index < -0.39 is 0 Å². The molecule has 8 heteroatoms. The second kappa shape index (κ2) is 6.88. The van der Waals surface area contributed by atoms with Crippen LogP contribution < -0.4 is 5.32 Å². The summed E-state index contributed by atoms with van der Waals surface area (Å²) in [6.07, 6.45) is 3.62. The lowest BCUT2D eigenvalue weighted by molar-refractivity contribution is -0.114. The van der Waals surface area contributed by atoms with E-state index in [-0.39, 0.29) is 17.7 Å². The molecule has 2 heterocycles. The van der Waals surface area contributed by atoms with Crippen LogP contribution in [0.4, 0.5) is 6.01 Å². The number of benzene rings is 1. The van der Waals surface area contributed by atoms with Gasteiger partial charge in [0.25, 0.3) is 0 Å². The normalized spacial score (nSPS) is 10.8. The zero-order chi connectivity index (χ0) is 17.1. The Hall–Kier alpha value is -2.61. The first-order chi connectivity index (χ1) is 11.5. The minimum absolute atomic E-state index is 0.107. The monoisotopic (exact) mass is 343 g/mol. The van der Waals surface area contributed by atoms with Crippen molar-refractivity contribution >= 4 is 23.7 Å². The molecule has 7 nitrogen and oxygen atoms in total. The maximum Gasteiger partial charge on any atom is 0.328 e. The van der Waals surface area contributed by atoms with E-state index in [1.807, 2.05) is 24.6 Å². The van der Waals surface area contributed by atoms with Crippen molar-refractivity contribution in [1.82, 2.24) is 19.7 Å². The minimum Gasteiger partial charge on any atom is -0.315 e. The second-order valence-corrected chi connectivity index (χ2v) is 6.30. The molecule has 0 aliphatic heterocycles. The van der Waals surface area contributed by atoms with Gasteiger partial charge in [-0.05, 0) is 38.0 Å². The van der Waals surface area contributed by atoms with Gasteiger partial charge in [-0.3, -0.25) is 14.7 Å². The summed E-state index contributed by atoms with van der Waals surface area (Å²) in [5, 5.41) is 6.95. The number of imidazole rings is 1. The minimum atomic E-state index is -0.223. The number of hydrogen-bond donors (Lipinski definition) is 1. The van der Waals surface area contributed by atoms with Gasteiger partial charge >= 0.3 is 6.01 Å². The van der Waals surface area contributed by atoms with Gasteiger partial charge in [0.1, 0.15) is 0 Å². The predicted octanol–water partition coefficient (Wildman–Crippen LogP) is 2.91. The molecule has 0 unspecified atom stereocenters. The smallest absolute Gasteiger partial charge is 0.315 e. The van der Waals surface area contributed by atoms with Crippen LogP contribution in [0.3, 0.4) is 0 Å². The van der Waals surface area contributed by atoms with Crippen molar-refractivity contribution in [3.05, 3.63) is 47.5 Å². The van der Waals surface area contributed by atoms with Crippen LogP contribution in [-0.4, -0.2) is 31.4 Å². The molecule has 3 rings (SSSR count). The van der Waals surface area contributed by atoms with Crippen molar-refractivity contribution in [2.24, 2.45) is 0 Å². The average Bonchev–Trinajstić information content (AvgIpc) is 3.16. The zero-order valence-corrected chi connectivity index (χ0v) is 14.4. The SMILES string of the molecule is Cc1ccc(C)c(-n2ccnc2SCC(=O)Nc2nc(C)no2)c1. The highest BCUT2D eigenvalue weighted by Crippen LogP contribution is 2.23. The lowest BCUT2D eigenvalue weighted by Gasteiger charge is -2.11. The third-order valence-corrected chi connectivity index (χ3v) is 4.30. The van der Waals surface area contributed by atoms with E-state index in [9.17, 15) is 4.79 Å². The molecule has 1 aromatic carbocycles. The van der Waals surface area contributed by atoms with E-state index in [0.29, 0.717) is 5.82 Å². The predicted molar refractivity (Wildman–Crippen MR) is 91.4 cm³/mol. The molecule has 0 bridgehead atoms. The Morgan fingerprint density at radius 3 is 2.92 bits per heavy atom. The van der Waals surface area contributed by atoms with Crippen LogP contribution in [-0.2, 0) is 4.79 Å². The molecule has 0 atom stereocenters. The first-order valence-corrected chi connectivity index (χ1v) is 8.35. The summed E-state index contributed by atoms with van der Waals surface area (Å²) in [6.45, 7) is 5.79. The molecule has 2 aromatic heterocycles. The summed E-state index contributed by atoms with van der Waals surface area (Å²) in [4.78, 5) is 20.3. The fourth-order valence-electron chi connectivity index (χ4n) is 2.19. The van der Waals surface area contributed by atoms with Crippen LogP contribution in [0.5, 0.6) is 0 Å². The Labute approximate surface area is 143 Å². The first kappa shape index (κ1) is 16.3. The van der Waals surface area contributed by atoms with Gasteiger partial charge in [0.15, 0.2) is 11.0 Å². The number of carbonyl (C=O) groups excluding carboxylic acids is 1. The molecule has 0 aliphatic rings. The van der Waals surface area contributed by atoms with Crippen LogP contribution in [0.15, 0.2) is 40.3 Å². The Balaban J connectivity index is 1.69. The summed E-state index contributed by atoms with van der Waals surface area (Å²) in [6, 6.07) is 6.35. The molecule has 0 aliphatic carbocycles. The van der Waals surface area contributed by atoms with E-state index in [1.165, 1.54) is 17.3 Å². The summed E-state index contributed by atoms with van der Waals surface area (Å²) >= 11 is 1.35. The number of aryl methyl sites for hydroxylation is 3.